The van der Waals surface area contributed by atoms with Gasteiger partial charge in [0.25, 0.3) is 0 Å². The number of ether oxygens (including phenoxy) is 1. The Morgan fingerprint density at radius 3 is 2.29 bits per heavy atom. The second kappa shape index (κ2) is 12.9. The van der Waals surface area contributed by atoms with Gasteiger partial charge in [0.1, 0.15) is 0 Å². The molecule has 0 radical (unpaired) electrons. The molecule has 0 aromatic heterocycles. The van der Waals surface area contributed by atoms with Gasteiger partial charge in [-0.25, -0.2) is 0 Å². The van der Waals surface area contributed by atoms with E-state index in [-0.39, 0.29) is 0 Å². The molecule has 5 nitrogen and oxygen atoms in total. The Kier molecular flexibility index (Phi) is 12.4. The number of guanidine groups is 1. The number of nitrogens with one attached hydrogen (secondary N) is 2. The van der Waals surface area contributed by atoms with Gasteiger partial charge in [-0.05, 0) is 33.4 Å². The largest absolute Gasteiger partial charge is 0.385 e. The highest BCUT2D eigenvalue weighted by molar-refractivity contribution is 5.79. The molecule has 126 valence electrons. The quantitative estimate of drug-likeness (QED) is 0.348. The van der Waals surface area contributed by atoms with Crippen LogP contribution in [0.5, 0.6) is 0 Å². The molecular formula is C16H36N4O. The normalized spacial score (nSPS) is 13.8. The summed E-state index contributed by atoms with van der Waals surface area (Å²) in [5.74, 6) is 1.60. The molecular weight excluding hydrogens is 264 g/mol. The predicted octanol–water partition coefficient (Wildman–Crippen LogP) is 1.94. The summed E-state index contributed by atoms with van der Waals surface area (Å²) in [6.07, 6.45) is 3.39. The zero-order valence-corrected chi connectivity index (χ0v) is 14.9. The van der Waals surface area contributed by atoms with Crippen LogP contribution in [-0.2, 0) is 4.74 Å². The first-order valence-corrected chi connectivity index (χ1v) is 8.28. The lowest BCUT2D eigenvalue weighted by molar-refractivity contribution is 0.195. The average molecular weight is 300 g/mol. The Morgan fingerprint density at radius 2 is 1.81 bits per heavy atom. The number of hydrogen-bond acceptors (Lipinski definition) is 3. The predicted molar refractivity (Wildman–Crippen MR) is 92.0 cm³/mol. The summed E-state index contributed by atoms with van der Waals surface area (Å²) in [5.41, 5.74) is 0. The molecule has 5 heteroatoms. The third-order valence-electron chi connectivity index (χ3n) is 3.85. The maximum atomic E-state index is 5.07. The molecule has 0 saturated heterocycles. The molecule has 0 fully saturated rings. The zero-order chi connectivity index (χ0) is 16.1. The average Bonchev–Trinajstić information content (AvgIpc) is 2.47. The molecule has 0 spiro atoms. The summed E-state index contributed by atoms with van der Waals surface area (Å²) in [6.45, 7) is 10.0. The van der Waals surface area contributed by atoms with E-state index in [1.54, 1.807) is 7.11 Å². The highest BCUT2D eigenvalue weighted by Crippen LogP contribution is 2.17. The van der Waals surface area contributed by atoms with Gasteiger partial charge in [-0.2, -0.15) is 0 Å². The van der Waals surface area contributed by atoms with Crippen LogP contribution < -0.4 is 10.6 Å². The van der Waals surface area contributed by atoms with Crippen LogP contribution >= 0.6 is 0 Å². The number of rotatable bonds is 11. The summed E-state index contributed by atoms with van der Waals surface area (Å²) >= 11 is 0. The standard InChI is InChI=1S/C16H36N4O/c1-7-14(8-2)15(20(4)5)13-19-16(17-9-3)18-11-10-12-21-6/h14-15H,7-13H2,1-6H3,(H2,17,18,19). The van der Waals surface area contributed by atoms with Crippen LogP contribution in [0.2, 0.25) is 0 Å². The van der Waals surface area contributed by atoms with Gasteiger partial charge < -0.3 is 20.3 Å². The molecule has 0 heterocycles. The maximum Gasteiger partial charge on any atom is 0.191 e. The van der Waals surface area contributed by atoms with E-state index in [2.05, 4.69) is 50.4 Å². The van der Waals surface area contributed by atoms with Crippen molar-refractivity contribution < 1.29 is 4.74 Å². The van der Waals surface area contributed by atoms with Crippen LogP contribution in [0.4, 0.5) is 0 Å². The number of methoxy groups -OCH3 is 1. The van der Waals surface area contributed by atoms with Crippen LogP contribution in [-0.4, -0.2) is 64.3 Å². The SMILES string of the molecule is CCNC(=NCC(C(CC)CC)N(C)C)NCCCOC. The van der Waals surface area contributed by atoms with Crippen molar-refractivity contribution in [3.05, 3.63) is 0 Å². The van der Waals surface area contributed by atoms with Crippen molar-refractivity contribution in [1.29, 1.82) is 0 Å². The molecule has 21 heavy (non-hydrogen) atoms. The Bertz CT molecular complexity index is 265. The highest BCUT2D eigenvalue weighted by Gasteiger charge is 2.20. The van der Waals surface area contributed by atoms with Gasteiger partial charge in [0.15, 0.2) is 5.96 Å². The summed E-state index contributed by atoms with van der Waals surface area (Å²) in [4.78, 5) is 7.06. The molecule has 0 aliphatic carbocycles. The maximum absolute atomic E-state index is 5.07. The molecule has 1 atom stereocenters. The van der Waals surface area contributed by atoms with Crippen LogP contribution in [0.25, 0.3) is 0 Å². The van der Waals surface area contributed by atoms with E-state index in [0.29, 0.717) is 12.0 Å². The molecule has 0 rings (SSSR count). The van der Waals surface area contributed by atoms with Crippen molar-refractivity contribution in [2.45, 2.75) is 46.1 Å². The van der Waals surface area contributed by atoms with Crippen molar-refractivity contribution in [2.75, 3.05) is 47.4 Å². The van der Waals surface area contributed by atoms with E-state index in [1.807, 2.05) is 0 Å². The molecule has 0 aromatic rings. The number of nitrogens with zero attached hydrogens (tertiary/aromatic N) is 2. The van der Waals surface area contributed by atoms with Gasteiger partial charge >= 0.3 is 0 Å². The lowest BCUT2D eigenvalue weighted by Gasteiger charge is -2.30. The Balaban J connectivity index is 4.53. The van der Waals surface area contributed by atoms with E-state index < -0.39 is 0 Å². The van der Waals surface area contributed by atoms with Gasteiger partial charge in [-0.1, -0.05) is 26.7 Å². The minimum Gasteiger partial charge on any atom is -0.385 e. The first kappa shape index (κ1) is 20.2. The van der Waals surface area contributed by atoms with E-state index in [9.17, 15) is 0 Å². The first-order valence-electron chi connectivity index (χ1n) is 8.28. The third kappa shape index (κ3) is 8.94. The topological polar surface area (TPSA) is 48.9 Å². The van der Waals surface area contributed by atoms with Crippen molar-refractivity contribution in [2.24, 2.45) is 10.9 Å². The third-order valence-corrected chi connectivity index (χ3v) is 3.85. The Labute approximate surface area is 131 Å². The van der Waals surface area contributed by atoms with Crippen molar-refractivity contribution in [3.8, 4) is 0 Å². The second-order valence-electron chi connectivity index (χ2n) is 5.60. The minimum absolute atomic E-state index is 0.495. The monoisotopic (exact) mass is 300 g/mol. The summed E-state index contributed by atoms with van der Waals surface area (Å²) in [7, 11) is 6.03. The van der Waals surface area contributed by atoms with E-state index in [0.717, 1.165) is 38.6 Å². The molecule has 0 amide bonds. The Hall–Kier alpha value is -0.810. The second-order valence-corrected chi connectivity index (χ2v) is 5.60. The number of hydrogen-bond donors (Lipinski definition) is 2. The molecule has 2 N–H and O–H groups in total. The van der Waals surface area contributed by atoms with Gasteiger partial charge in [0, 0.05) is 32.8 Å². The lowest BCUT2D eigenvalue weighted by atomic mass is 9.93. The van der Waals surface area contributed by atoms with Crippen molar-refractivity contribution >= 4 is 5.96 Å². The van der Waals surface area contributed by atoms with Crippen LogP contribution in [0.3, 0.4) is 0 Å². The minimum atomic E-state index is 0.495. The fourth-order valence-corrected chi connectivity index (χ4v) is 2.52. The van der Waals surface area contributed by atoms with Crippen molar-refractivity contribution in [3.63, 3.8) is 0 Å². The first-order chi connectivity index (χ1) is 10.1. The molecule has 0 saturated carbocycles. The van der Waals surface area contributed by atoms with Crippen molar-refractivity contribution in [1.82, 2.24) is 15.5 Å². The smallest absolute Gasteiger partial charge is 0.191 e. The molecule has 0 aromatic carbocycles. The van der Waals surface area contributed by atoms with E-state index in [1.165, 1.54) is 12.8 Å². The molecule has 1 unspecified atom stereocenters. The summed E-state index contributed by atoms with van der Waals surface area (Å²) in [6, 6.07) is 0.495. The Morgan fingerprint density at radius 1 is 1.14 bits per heavy atom. The summed E-state index contributed by atoms with van der Waals surface area (Å²) in [5, 5.41) is 6.67. The molecule has 0 aliphatic rings. The zero-order valence-electron chi connectivity index (χ0n) is 14.9. The molecule has 0 aliphatic heterocycles. The van der Waals surface area contributed by atoms with Gasteiger partial charge in [-0.3, -0.25) is 4.99 Å². The summed E-state index contributed by atoms with van der Waals surface area (Å²) < 4.78 is 5.07. The fourth-order valence-electron chi connectivity index (χ4n) is 2.52. The fraction of sp³-hybridized carbons (Fsp3) is 0.938. The van der Waals surface area contributed by atoms with Crippen LogP contribution in [0.1, 0.15) is 40.0 Å². The van der Waals surface area contributed by atoms with E-state index >= 15 is 0 Å². The highest BCUT2D eigenvalue weighted by atomic mass is 16.5. The van der Waals surface area contributed by atoms with Gasteiger partial charge in [-0.15, -0.1) is 0 Å². The van der Waals surface area contributed by atoms with E-state index in [4.69, 9.17) is 9.73 Å². The molecule has 0 bridgehead atoms. The van der Waals surface area contributed by atoms with Crippen LogP contribution in [0, 0.1) is 5.92 Å². The number of aliphatic imine (C=N–C) groups is 1. The van der Waals surface area contributed by atoms with Gasteiger partial charge in [0.05, 0.1) is 6.54 Å². The lowest BCUT2D eigenvalue weighted by Crippen LogP contribution is -2.41. The van der Waals surface area contributed by atoms with Crippen LogP contribution in [0.15, 0.2) is 4.99 Å². The number of likely N-dealkylation sites (N-methyl/N-ethyl adjacent to an activating group) is 1. The van der Waals surface area contributed by atoms with Gasteiger partial charge in [0.2, 0.25) is 0 Å².